The summed E-state index contributed by atoms with van der Waals surface area (Å²) in [7, 11) is 4.51. The predicted molar refractivity (Wildman–Crippen MR) is 110 cm³/mol. The minimum absolute atomic E-state index is 0.267. The van der Waals surface area contributed by atoms with Gasteiger partial charge in [-0.2, -0.15) is 0 Å². The van der Waals surface area contributed by atoms with Crippen LogP contribution in [-0.2, 0) is 14.1 Å². The normalized spacial score (nSPS) is 15.6. The van der Waals surface area contributed by atoms with Crippen LogP contribution in [0.25, 0.3) is 0 Å². The van der Waals surface area contributed by atoms with Crippen molar-refractivity contribution in [3.63, 3.8) is 0 Å². The molecule has 0 unspecified atom stereocenters. The second-order valence-electron chi connectivity index (χ2n) is 6.78. The van der Waals surface area contributed by atoms with E-state index in [9.17, 15) is 14.4 Å². The van der Waals surface area contributed by atoms with Gasteiger partial charge in [-0.15, -0.1) is 0 Å². The summed E-state index contributed by atoms with van der Waals surface area (Å²) in [5.74, 6) is 0.221. The van der Waals surface area contributed by atoms with Crippen molar-refractivity contribution in [1.29, 1.82) is 0 Å². The molecule has 0 aliphatic carbocycles. The number of fused-ring (bicyclic) bond motifs is 1. The predicted octanol–water partition coefficient (Wildman–Crippen LogP) is 1.86. The molecule has 1 amide bonds. The maximum atomic E-state index is 13.5. The van der Waals surface area contributed by atoms with Gasteiger partial charge in [-0.25, -0.2) is 4.79 Å². The number of nitrogens with one attached hydrogen (secondary N) is 1. The van der Waals surface area contributed by atoms with Gasteiger partial charge in [0.1, 0.15) is 11.9 Å². The van der Waals surface area contributed by atoms with E-state index in [0.29, 0.717) is 22.7 Å². The summed E-state index contributed by atoms with van der Waals surface area (Å²) in [6.45, 7) is 0. The van der Waals surface area contributed by atoms with E-state index in [1.165, 1.54) is 29.8 Å². The highest BCUT2D eigenvalue weighted by atomic mass is 16.5. The Balaban J connectivity index is 1.99. The van der Waals surface area contributed by atoms with E-state index in [4.69, 9.17) is 4.74 Å². The number of para-hydroxylation sites is 3. The molecule has 29 heavy (non-hydrogen) atoms. The first-order chi connectivity index (χ1) is 13.9. The Morgan fingerprint density at radius 1 is 0.966 bits per heavy atom. The molecule has 2 aromatic carbocycles. The van der Waals surface area contributed by atoms with Gasteiger partial charge in [-0.3, -0.25) is 19.1 Å². The highest BCUT2D eigenvalue weighted by Gasteiger charge is 2.37. The van der Waals surface area contributed by atoms with Crippen molar-refractivity contribution in [3.05, 3.63) is 86.7 Å². The van der Waals surface area contributed by atoms with Crippen LogP contribution in [0.2, 0.25) is 0 Å². The molecule has 0 radical (unpaired) electrons. The van der Waals surface area contributed by atoms with Gasteiger partial charge in [0.05, 0.1) is 23.9 Å². The molecular formula is C21H20N4O4. The van der Waals surface area contributed by atoms with Crippen LogP contribution in [0.5, 0.6) is 5.75 Å². The third-order valence-electron chi connectivity index (χ3n) is 5.04. The lowest BCUT2D eigenvalue weighted by atomic mass is 10.0. The first kappa shape index (κ1) is 18.5. The second-order valence-corrected chi connectivity index (χ2v) is 6.78. The maximum Gasteiger partial charge on any atom is 0.330 e. The number of carbonyl (C=O) groups excluding carboxylic acids is 1. The summed E-state index contributed by atoms with van der Waals surface area (Å²) in [4.78, 5) is 40.0. The maximum absolute atomic E-state index is 13.5. The lowest BCUT2D eigenvalue weighted by molar-refractivity contribution is 0.0974. The summed E-state index contributed by atoms with van der Waals surface area (Å²) in [5.41, 5.74) is 0.968. The third kappa shape index (κ3) is 2.89. The molecule has 3 aromatic rings. The SMILES string of the molecule is COc1ccccc1N1C(=O)c2ccccc2N[C@H]1c1cn(C)c(=O)n(C)c1=O. The molecule has 8 heteroatoms. The molecule has 4 rings (SSSR count). The monoisotopic (exact) mass is 392 g/mol. The van der Waals surface area contributed by atoms with E-state index in [0.717, 1.165) is 4.57 Å². The fraction of sp³-hybridized carbons (Fsp3) is 0.190. The van der Waals surface area contributed by atoms with Gasteiger partial charge >= 0.3 is 5.69 Å². The summed E-state index contributed by atoms with van der Waals surface area (Å²) >= 11 is 0. The smallest absolute Gasteiger partial charge is 0.330 e. The van der Waals surface area contributed by atoms with E-state index in [2.05, 4.69) is 5.32 Å². The summed E-state index contributed by atoms with van der Waals surface area (Å²) < 4.78 is 7.81. The molecule has 0 spiro atoms. The molecule has 0 bridgehead atoms. The number of anilines is 2. The van der Waals surface area contributed by atoms with Crippen molar-refractivity contribution in [2.75, 3.05) is 17.3 Å². The van der Waals surface area contributed by atoms with Crippen LogP contribution in [0.4, 0.5) is 11.4 Å². The number of carbonyl (C=O) groups is 1. The number of methoxy groups -OCH3 is 1. The highest BCUT2D eigenvalue weighted by molar-refractivity contribution is 6.12. The van der Waals surface area contributed by atoms with Crippen molar-refractivity contribution in [1.82, 2.24) is 9.13 Å². The number of amides is 1. The van der Waals surface area contributed by atoms with Gasteiger partial charge in [-0.1, -0.05) is 24.3 Å². The number of hydrogen-bond donors (Lipinski definition) is 1. The molecule has 1 N–H and O–H groups in total. The van der Waals surface area contributed by atoms with Crippen molar-refractivity contribution in [2.45, 2.75) is 6.17 Å². The van der Waals surface area contributed by atoms with Crippen LogP contribution >= 0.6 is 0 Å². The molecular weight excluding hydrogens is 372 g/mol. The highest BCUT2D eigenvalue weighted by Crippen LogP contribution is 2.39. The molecule has 1 aliphatic heterocycles. The Morgan fingerprint density at radius 3 is 2.41 bits per heavy atom. The number of aryl methyl sites for hydroxylation is 1. The van der Waals surface area contributed by atoms with Crippen molar-refractivity contribution < 1.29 is 9.53 Å². The molecule has 0 saturated heterocycles. The largest absolute Gasteiger partial charge is 0.495 e. The molecule has 1 atom stereocenters. The average Bonchev–Trinajstić information content (AvgIpc) is 2.75. The van der Waals surface area contributed by atoms with E-state index < -0.39 is 17.4 Å². The van der Waals surface area contributed by atoms with E-state index in [1.807, 2.05) is 6.07 Å². The number of nitrogens with zero attached hydrogens (tertiary/aromatic N) is 3. The zero-order chi connectivity index (χ0) is 20.7. The quantitative estimate of drug-likeness (QED) is 0.735. The first-order valence-corrected chi connectivity index (χ1v) is 9.02. The Hall–Kier alpha value is -3.81. The number of ether oxygens (including phenoxy) is 1. The summed E-state index contributed by atoms with van der Waals surface area (Å²) in [6.07, 6.45) is 0.644. The van der Waals surface area contributed by atoms with Gasteiger partial charge in [0.25, 0.3) is 11.5 Å². The lowest BCUT2D eigenvalue weighted by Gasteiger charge is -2.38. The van der Waals surface area contributed by atoms with Crippen LogP contribution in [0.1, 0.15) is 22.1 Å². The average molecular weight is 392 g/mol. The fourth-order valence-corrected chi connectivity index (χ4v) is 3.57. The third-order valence-corrected chi connectivity index (χ3v) is 5.04. The molecule has 148 valence electrons. The van der Waals surface area contributed by atoms with Crippen molar-refractivity contribution >= 4 is 17.3 Å². The van der Waals surface area contributed by atoms with Crippen LogP contribution < -0.4 is 26.2 Å². The van der Waals surface area contributed by atoms with Crippen LogP contribution in [-0.4, -0.2) is 22.2 Å². The minimum Gasteiger partial charge on any atom is -0.495 e. The topological polar surface area (TPSA) is 85.6 Å². The first-order valence-electron chi connectivity index (χ1n) is 9.02. The van der Waals surface area contributed by atoms with Gasteiger partial charge in [0, 0.05) is 26.0 Å². The van der Waals surface area contributed by atoms with Gasteiger partial charge in [0.2, 0.25) is 0 Å². The van der Waals surface area contributed by atoms with Crippen molar-refractivity contribution in [2.24, 2.45) is 14.1 Å². The molecule has 8 nitrogen and oxygen atoms in total. The number of benzene rings is 2. The van der Waals surface area contributed by atoms with E-state index in [1.54, 1.807) is 49.5 Å². The number of rotatable bonds is 3. The Bertz CT molecular complexity index is 1230. The molecule has 2 heterocycles. The van der Waals surface area contributed by atoms with Crippen LogP contribution in [0, 0.1) is 0 Å². The molecule has 1 aromatic heterocycles. The molecule has 1 aliphatic rings. The molecule has 0 saturated carbocycles. The van der Waals surface area contributed by atoms with E-state index in [-0.39, 0.29) is 11.5 Å². The van der Waals surface area contributed by atoms with Crippen molar-refractivity contribution in [3.8, 4) is 5.75 Å². The van der Waals surface area contributed by atoms with Gasteiger partial charge in [0.15, 0.2) is 0 Å². The zero-order valence-corrected chi connectivity index (χ0v) is 16.2. The standard InChI is InChI=1S/C21H20N4O4/c1-23-12-14(19(26)24(2)21(23)28)18-22-15-9-5-4-8-13(15)20(27)25(18)16-10-6-7-11-17(16)29-3/h4-12,18,22H,1-3H3/t18-/m1/s1. The Kier molecular flexibility index (Phi) is 4.46. The van der Waals surface area contributed by atoms with Gasteiger partial charge < -0.3 is 14.6 Å². The Labute approximate surface area is 166 Å². The fourth-order valence-electron chi connectivity index (χ4n) is 3.57. The lowest BCUT2D eigenvalue weighted by Crippen LogP contribution is -2.48. The zero-order valence-electron chi connectivity index (χ0n) is 16.2. The van der Waals surface area contributed by atoms with Crippen LogP contribution in [0.3, 0.4) is 0 Å². The van der Waals surface area contributed by atoms with Crippen LogP contribution in [0.15, 0.2) is 64.3 Å². The molecule has 0 fully saturated rings. The van der Waals surface area contributed by atoms with E-state index >= 15 is 0 Å². The second kappa shape index (κ2) is 6.97. The Morgan fingerprint density at radius 2 is 1.66 bits per heavy atom. The summed E-state index contributed by atoms with van der Waals surface area (Å²) in [5, 5.41) is 3.28. The van der Waals surface area contributed by atoms with Gasteiger partial charge in [-0.05, 0) is 24.3 Å². The number of hydrogen-bond acceptors (Lipinski definition) is 5. The number of aromatic nitrogens is 2. The minimum atomic E-state index is -0.820. The summed E-state index contributed by atoms with van der Waals surface area (Å²) in [6, 6.07) is 14.2.